The van der Waals surface area contributed by atoms with Crippen molar-refractivity contribution in [3.05, 3.63) is 81.9 Å². The molecule has 2 aromatic carbocycles. The molecular formula is C21H22N2OS2. The first-order chi connectivity index (χ1) is 12.5. The van der Waals surface area contributed by atoms with Crippen molar-refractivity contribution in [3.63, 3.8) is 0 Å². The highest BCUT2D eigenvalue weighted by molar-refractivity contribution is 8.00. The first kappa shape index (κ1) is 18.7. The Morgan fingerprint density at radius 2 is 1.85 bits per heavy atom. The molecule has 0 N–H and O–H groups in total. The summed E-state index contributed by atoms with van der Waals surface area (Å²) in [6, 6.07) is 16.1. The quantitative estimate of drug-likeness (QED) is 0.541. The third-order valence-electron chi connectivity index (χ3n) is 4.18. The first-order valence-corrected chi connectivity index (χ1v) is 10.3. The molecule has 5 heteroatoms. The van der Waals surface area contributed by atoms with Crippen LogP contribution in [0.15, 0.2) is 58.3 Å². The molecule has 0 bridgehead atoms. The number of hydrogen-bond acceptors (Lipinski definition) is 4. The maximum Gasteiger partial charge on any atom is 0.253 e. The number of aryl methyl sites for hydroxylation is 2. The predicted molar refractivity (Wildman–Crippen MR) is 110 cm³/mol. The molecule has 0 spiro atoms. The summed E-state index contributed by atoms with van der Waals surface area (Å²) < 4.78 is 1.08. The van der Waals surface area contributed by atoms with E-state index in [2.05, 4.69) is 29.4 Å². The van der Waals surface area contributed by atoms with E-state index < -0.39 is 0 Å². The van der Waals surface area contributed by atoms with Crippen molar-refractivity contribution in [2.45, 2.75) is 30.5 Å². The minimum absolute atomic E-state index is 0.0444. The maximum atomic E-state index is 12.7. The Labute approximate surface area is 163 Å². The number of hydrogen-bond donors (Lipinski definition) is 0. The van der Waals surface area contributed by atoms with Gasteiger partial charge >= 0.3 is 0 Å². The van der Waals surface area contributed by atoms with Crippen LogP contribution in [0.4, 0.5) is 0 Å². The third kappa shape index (κ3) is 4.74. The largest absolute Gasteiger partial charge is 0.337 e. The Kier molecular flexibility index (Phi) is 6.12. The second-order valence-corrected chi connectivity index (χ2v) is 8.41. The molecule has 3 rings (SSSR count). The summed E-state index contributed by atoms with van der Waals surface area (Å²) in [5.74, 6) is 0.906. The molecule has 0 saturated heterocycles. The maximum absolute atomic E-state index is 12.7. The highest BCUT2D eigenvalue weighted by Gasteiger charge is 2.13. The fourth-order valence-corrected chi connectivity index (χ4v) is 4.43. The van der Waals surface area contributed by atoms with Crippen molar-refractivity contribution in [1.29, 1.82) is 0 Å². The van der Waals surface area contributed by atoms with Gasteiger partial charge in [-0.2, -0.15) is 0 Å². The van der Waals surface area contributed by atoms with E-state index in [0.29, 0.717) is 6.54 Å². The van der Waals surface area contributed by atoms with Crippen LogP contribution in [0.3, 0.4) is 0 Å². The van der Waals surface area contributed by atoms with Gasteiger partial charge in [-0.25, -0.2) is 4.98 Å². The average Bonchev–Trinajstić information content (AvgIpc) is 3.07. The van der Waals surface area contributed by atoms with Crippen LogP contribution in [-0.2, 0) is 12.3 Å². The standard InChI is InChI=1S/C21H22N2OS2/c1-15-6-4-5-7-19(15)12-23(3)20(24)18-10-8-17(9-11-18)14-26-21-22-16(2)13-25-21/h4-11,13H,12,14H2,1-3H3. The molecule has 0 saturated carbocycles. The Hall–Kier alpha value is -2.11. The molecule has 1 heterocycles. The SMILES string of the molecule is Cc1csc(SCc2ccc(C(=O)N(C)Cc3ccccc3C)cc2)n1. The van der Waals surface area contributed by atoms with Crippen LogP contribution in [0.5, 0.6) is 0 Å². The Morgan fingerprint density at radius 3 is 2.50 bits per heavy atom. The number of rotatable bonds is 6. The molecule has 26 heavy (non-hydrogen) atoms. The Morgan fingerprint density at radius 1 is 1.12 bits per heavy atom. The zero-order chi connectivity index (χ0) is 18.5. The van der Waals surface area contributed by atoms with Crippen LogP contribution in [0, 0.1) is 13.8 Å². The molecule has 3 nitrogen and oxygen atoms in total. The van der Waals surface area contributed by atoms with E-state index in [0.717, 1.165) is 21.3 Å². The molecule has 0 aliphatic heterocycles. The van der Waals surface area contributed by atoms with E-state index in [9.17, 15) is 4.79 Å². The van der Waals surface area contributed by atoms with Gasteiger partial charge in [0, 0.05) is 36.0 Å². The number of benzene rings is 2. The van der Waals surface area contributed by atoms with Crippen LogP contribution >= 0.6 is 23.1 Å². The average molecular weight is 383 g/mol. The van der Waals surface area contributed by atoms with Gasteiger partial charge in [-0.15, -0.1) is 11.3 Å². The molecular weight excluding hydrogens is 360 g/mol. The fourth-order valence-electron chi connectivity index (χ4n) is 2.62. The first-order valence-electron chi connectivity index (χ1n) is 8.47. The van der Waals surface area contributed by atoms with Crippen LogP contribution in [0.25, 0.3) is 0 Å². The van der Waals surface area contributed by atoms with E-state index >= 15 is 0 Å². The molecule has 0 aliphatic rings. The van der Waals surface area contributed by atoms with Crippen molar-refractivity contribution < 1.29 is 4.79 Å². The number of thioether (sulfide) groups is 1. The van der Waals surface area contributed by atoms with Crippen molar-refractivity contribution in [3.8, 4) is 0 Å². The number of carbonyl (C=O) groups is 1. The molecule has 0 aliphatic carbocycles. The molecule has 1 amide bonds. The summed E-state index contributed by atoms with van der Waals surface area (Å²) in [4.78, 5) is 18.9. The molecule has 134 valence electrons. The van der Waals surface area contributed by atoms with Crippen molar-refractivity contribution >= 4 is 29.0 Å². The lowest BCUT2D eigenvalue weighted by atomic mass is 10.1. The lowest BCUT2D eigenvalue weighted by molar-refractivity contribution is 0.0785. The fraction of sp³-hybridized carbons (Fsp3) is 0.238. The van der Waals surface area contributed by atoms with Gasteiger partial charge in [0.15, 0.2) is 0 Å². The zero-order valence-corrected chi connectivity index (χ0v) is 16.9. The molecule has 0 radical (unpaired) electrons. The predicted octanol–water partition coefficient (Wildman–Crippen LogP) is 5.32. The van der Waals surface area contributed by atoms with Crippen molar-refractivity contribution in [1.82, 2.24) is 9.88 Å². The molecule has 0 unspecified atom stereocenters. The molecule has 0 atom stereocenters. The van der Waals surface area contributed by atoms with Crippen LogP contribution in [-0.4, -0.2) is 22.8 Å². The summed E-state index contributed by atoms with van der Waals surface area (Å²) in [6.45, 7) is 4.70. The van der Waals surface area contributed by atoms with E-state index in [1.165, 1.54) is 16.7 Å². The Bertz CT molecular complexity index is 887. The Balaban J connectivity index is 1.60. The highest BCUT2D eigenvalue weighted by Crippen LogP contribution is 2.26. The van der Waals surface area contributed by atoms with Gasteiger partial charge in [0.2, 0.25) is 0 Å². The zero-order valence-electron chi connectivity index (χ0n) is 15.2. The van der Waals surface area contributed by atoms with Gasteiger partial charge in [-0.05, 0) is 42.7 Å². The van der Waals surface area contributed by atoms with E-state index in [1.54, 1.807) is 28.0 Å². The summed E-state index contributed by atoms with van der Waals surface area (Å²) >= 11 is 3.40. The van der Waals surface area contributed by atoms with E-state index in [1.807, 2.05) is 50.4 Å². The van der Waals surface area contributed by atoms with Gasteiger partial charge in [0.25, 0.3) is 5.91 Å². The third-order valence-corrected chi connectivity index (χ3v) is 6.39. The van der Waals surface area contributed by atoms with E-state index in [4.69, 9.17) is 0 Å². The normalized spacial score (nSPS) is 10.7. The molecule has 1 aromatic heterocycles. The summed E-state index contributed by atoms with van der Waals surface area (Å²) in [5.41, 5.74) is 5.36. The van der Waals surface area contributed by atoms with Gasteiger partial charge in [-0.3, -0.25) is 4.79 Å². The van der Waals surface area contributed by atoms with Gasteiger partial charge in [0.05, 0.1) is 0 Å². The monoisotopic (exact) mass is 382 g/mol. The number of nitrogens with zero attached hydrogens (tertiary/aromatic N) is 2. The topological polar surface area (TPSA) is 33.2 Å². The molecule has 0 fully saturated rings. The van der Waals surface area contributed by atoms with E-state index in [-0.39, 0.29) is 5.91 Å². The van der Waals surface area contributed by atoms with Crippen LogP contribution in [0.1, 0.15) is 32.7 Å². The number of aromatic nitrogens is 1. The smallest absolute Gasteiger partial charge is 0.253 e. The number of amides is 1. The summed E-state index contributed by atoms with van der Waals surface area (Å²) in [6.07, 6.45) is 0. The second-order valence-electron chi connectivity index (χ2n) is 6.33. The molecule has 3 aromatic rings. The lowest BCUT2D eigenvalue weighted by Gasteiger charge is -2.18. The van der Waals surface area contributed by atoms with Gasteiger partial charge < -0.3 is 4.90 Å². The highest BCUT2D eigenvalue weighted by atomic mass is 32.2. The van der Waals surface area contributed by atoms with Crippen molar-refractivity contribution in [2.75, 3.05) is 7.05 Å². The second kappa shape index (κ2) is 8.52. The van der Waals surface area contributed by atoms with Crippen LogP contribution < -0.4 is 0 Å². The summed E-state index contributed by atoms with van der Waals surface area (Å²) in [7, 11) is 1.85. The van der Waals surface area contributed by atoms with Gasteiger partial charge in [0.1, 0.15) is 4.34 Å². The number of thiazole rings is 1. The minimum atomic E-state index is 0.0444. The van der Waals surface area contributed by atoms with Crippen molar-refractivity contribution in [2.24, 2.45) is 0 Å². The van der Waals surface area contributed by atoms with Gasteiger partial charge in [-0.1, -0.05) is 48.2 Å². The van der Waals surface area contributed by atoms with Crippen LogP contribution in [0.2, 0.25) is 0 Å². The summed E-state index contributed by atoms with van der Waals surface area (Å²) in [5, 5.41) is 2.06. The minimum Gasteiger partial charge on any atom is -0.337 e. The number of carbonyl (C=O) groups excluding carboxylic acids is 1. The lowest BCUT2D eigenvalue weighted by Crippen LogP contribution is -2.26.